The van der Waals surface area contributed by atoms with Gasteiger partial charge >= 0.3 is 0 Å². The van der Waals surface area contributed by atoms with Crippen LogP contribution in [0.1, 0.15) is 5.56 Å². The summed E-state index contributed by atoms with van der Waals surface area (Å²) in [6.45, 7) is 1.67. The molecule has 1 radical (unpaired) electrons. The Kier molecular flexibility index (Phi) is 2.07. The molecule has 0 aliphatic rings. The van der Waals surface area contributed by atoms with Crippen molar-refractivity contribution in [3.8, 4) is 5.75 Å². The Balaban J connectivity index is 3.31. The van der Waals surface area contributed by atoms with Crippen molar-refractivity contribution in [1.29, 1.82) is 0 Å². The van der Waals surface area contributed by atoms with Gasteiger partial charge in [-0.1, -0.05) is 23.2 Å². The lowest BCUT2D eigenvalue weighted by Crippen LogP contribution is -1.74. The molecule has 1 aromatic carbocycles. The van der Waals surface area contributed by atoms with Crippen LogP contribution in [0.15, 0.2) is 12.1 Å². The lowest BCUT2D eigenvalue weighted by Gasteiger charge is -1.97. The summed E-state index contributed by atoms with van der Waals surface area (Å²) in [7, 11) is 0. The van der Waals surface area contributed by atoms with E-state index in [1.807, 2.05) is 0 Å². The molecule has 0 N–H and O–H groups in total. The van der Waals surface area contributed by atoms with Gasteiger partial charge in [-0.25, -0.2) is 0 Å². The zero-order valence-corrected chi connectivity index (χ0v) is 6.83. The van der Waals surface area contributed by atoms with Gasteiger partial charge in [-0.05, 0) is 13.0 Å². The summed E-state index contributed by atoms with van der Waals surface area (Å²) in [6.07, 6.45) is 0. The van der Waals surface area contributed by atoms with Crippen LogP contribution in [-0.4, -0.2) is 0 Å². The number of rotatable bonds is 0. The molecule has 0 saturated heterocycles. The standard InChI is InChI=1S/C7H5Cl2O/c1-4-6(9)2-5(8)3-7(4)10/h2-3H,1H3. The van der Waals surface area contributed by atoms with Crippen LogP contribution in [0, 0.1) is 6.92 Å². The maximum Gasteiger partial charge on any atom is 0.184 e. The molecule has 0 aliphatic heterocycles. The maximum absolute atomic E-state index is 10.9. The van der Waals surface area contributed by atoms with Crippen molar-refractivity contribution in [3.05, 3.63) is 27.7 Å². The normalized spacial score (nSPS) is 9.90. The fraction of sp³-hybridized carbons (Fsp3) is 0.143. The van der Waals surface area contributed by atoms with E-state index in [4.69, 9.17) is 23.2 Å². The lowest BCUT2D eigenvalue weighted by molar-refractivity contribution is 0.352. The molecule has 0 heterocycles. The fourth-order valence-corrected chi connectivity index (χ4v) is 1.10. The Morgan fingerprint density at radius 3 is 2.40 bits per heavy atom. The van der Waals surface area contributed by atoms with E-state index >= 15 is 0 Å². The van der Waals surface area contributed by atoms with Crippen LogP contribution >= 0.6 is 23.2 Å². The first-order chi connectivity index (χ1) is 4.61. The first-order valence-corrected chi connectivity index (χ1v) is 3.49. The molecule has 1 nitrogen and oxygen atoms in total. The average molecular weight is 176 g/mol. The van der Waals surface area contributed by atoms with Gasteiger partial charge in [-0.3, -0.25) is 5.11 Å². The summed E-state index contributed by atoms with van der Waals surface area (Å²) in [5.41, 5.74) is 0.547. The topological polar surface area (TPSA) is 19.9 Å². The van der Waals surface area contributed by atoms with Crippen LogP contribution in [0.25, 0.3) is 0 Å². The number of hydrogen-bond donors (Lipinski definition) is 0. The Morgan fingerprint density at radius 1 is 1.30 bits per heavy atom. The molecular formula is C7H5Cl2O. The first-order valence-electron chi connectivity index (χ1n) is 2.74. The van der Waals surface area contributed by atoms with Crippen molar-refractivity contribution >= 4 is 23.2 Å². The van der Waals surface area contributed by atoms with Crippen LogP contribution in [0.4, 0.5) is 0 Å². The van der Waals surface area contributed by atoms with Crippen LogP contribution in [0.5, 0.6) is 5.75 Å². The van der Waals surface area contributed by atoms with Gasteiger partial charge in [-0.2, -0.15) is 0 Å². The highest BCUT2D eigenvalue weighted by Crippen LogP contribution is 2.28. The molecule has 3 heteroatoms. The summed E-state index contributed by atoms with van der Waals surface area (Å²) in [5.74, 6) is -0.113. The van der Waals surface area contributed by atoms with E-state index in [1.54, 1.807) is 13.0 Å². The molecule has 1 aromatic rings. The number of hydrogen-bond acceptors (Lipinski definition) is 0. The smallest absolute Gasteiger partial charge is 0.184 e. The molecule has 0 unspecified atom stereocenters. The second-order valence-electron chi connectivity index (χ2n) is 2.01. The highest BCUT2D eigenvalue weighted by atomic mass is 35.5. The minimum absolute atomic E-state index is 0.113. The SMILES string of the molecule is Cc1c([O])cc(Cl)cc1Cl. The summed E-state index contributed by atoms with van der Waals surface area (Å²) < 4.78 is 0. The number of benzene rings is 1. The zero-order chi connectivity index (χ0) is 7.72. The predicted molar refractivity (Wildman–Crippen MR) is 41.3 cm³/mol. The molecule has 0 bridgehead atoms. The van der Waals surface area contributed by atoms with Crippen molar-refractivity contribution < 1.29 is 5.11 Å². The quantitative estimate of drug-likeness (QED) is 0.576. The van der Waals surface area contributed by atoms with Crippen molar-refractivity contribution in [2.24, 2.45) is 0 Å². The van der Waals surface area contributed by atoms with Crippen LogP contribution in [0.3, 0.4) is 0 Å². The summed E-state index contributed by atoms with van der Waals surface area (Å²) in [4.78, 5) is 0. The van der Waals surface area contributed by atoms with E-state index < -0.39 is 0 Å². The highest BCUT2D eigenvalue weighted by Gasteiger charge is 2.03. The third kappa shape index (κ3) is 1.36. The Morgan fingerprint density at radius 2 is 1.90 bits per heavy atom. The van der Waals surface area contributed by atoms with Crippen molar-refractivity contribution in [1.82, 2.24) is 0 Å². The van der Waals surface area contributed by atoms with E-state index in [0.29, 0.717) is 15.6 Å². The highest BCUT2D eigenvalue weighted by molar-refractivity contribution is 6.35. The largest absolute Gasteiger partial charge is 0.290 e. The van der Waals surface area contributed by atoms with E-state index in [1.165, 1.54) is 6.07 Å². The Labute approximate surface area is 69.2 Å². The van der Waals surface area contributed by atoms with Gasteiger partial charge in [-0.15, -0.1) is 0 Å². The van der Waals surface area contributed by atoms with Crippen LogP contribution in [0.2, 0.25) is 10.0 Å². The molecule has 0 fully saturated rings. The van der Waals surface area contributed by atoms with Gasteiger partial charge < -0.3 is 0 Å². The van der Waals surface area contributed by atoms with Gasteiger partial charge in [0, 0.05) is 21.7 Å². The van der Waals surface area contributed by atoms with Crippen molar-refractivity contribution in [3.63, 3.8) is 0 Å². The molecule has 0 aliphatic carbocycles. The first kappa shape index (κ1) is 7.70. The molecule has 0 atom stereocenters. The molecule has 0 amide bonds. The molecule has 0 spiro atoms. The summed E-state index contributed by atoms with van der Waals surface area (Å²) in [6, 6.07) is 2.91. The molecule has 0 saturated carbocycles. The fourth-order valence-electron chi connectivity index (χ4n) is 0.622. The van der Waals surface area contributed by atoms with E-state index in [-0.39, 0.29) is 5.75 Å². The molecular weight excluding hydrogens is 171 g/mol. The zero-order valence-electron chi connectivity index (χ0n) is 5.32. The maximum atomic E-state index is 10.9. The van der Waals surface area contributed by atoms with E-state index in [0.717, 1.165) is 0 Å². The Hall–Kier alpha value is -0.400. The molecule has 10 heavy (non-hydrogen) atoms. The van der Waals surface area contributed by atoms with E-state index in [9.17, 15) is 5.11 Å². The van der Waals surface area contributed by atoms with Crippen LogP contribution < -0.4 is 0 Å². The molecule has 0 aromatic heterocycles. The molecule has 1 rings (SSSR count). The summed E-state index contributed by atoms with van der Waals surface area (Å²) >= 11 is 11.2. The molecule has 53 valence electrons. The van der Waals surface area contributed by atoms with Gasteiger partial charge in [0.1, 0.15) is 0 Å². The third-order valence-electron chi connectivity index (χ3n) is 1.26. The van der Waals surface area contributed by atoms with Gasteiger partial charge in [0.05, 0.1) is 0 Å². The second kappa shape index (κ2) is 2.69. The monoisotopic (exact) mass is 175 g/mol. The third-order valence-corrected chi connectivity index (χ3v) is 1.87. The second-order valence-corrected chi connectivity index (χ2v) is 2.85. The minimum atomic E-state index is -0.113. The van der Waals surface area contributed by atoms with Gasteiger partial charge in [0.25, 0.3) is 0 Å². The Bertz CT molecular complexity index is 235. The van der Waals surface area contributed by atoms with Gasteiger partial charge in [0.2, 0.25) is 0 Å². The predicted octanol–water partition coefficient (Wildman–Crippen LogP) is 3.45. The lowest BCUT2D eigenvalue weighted by atomic mass is 10.2. The summed E-state index contributed by atoms with van der Waals surface area (Å²) in [5, 5.41) is 11.7. The van der Waals surface area contributed by atoms with Crippen molar-refractivity contribution in [2.75, 3.05) is 0 Å². The number of halogens is 2. The minimum Gasteiger partial charge on any atom is -0.290 e. The van der Waals surface area contributed by atoms with Gasteiger partial charge in [0.15, 0.2) is 5.75 Å². The van der Waals surface area contributed by atoms with Crippen molar-refractivity contribution in [2.45, 2.75) is 6.92 Å². The van der Waals surface area contributed by atoms with Crippen LogP contribution in [-0.2, 0) is 5.11 Å². The average Bonchev–Trinajstić information content (AvgIpc) is 1.82. The van der Waals surface area contributed by atoms with E-state index in [2.05, 4.69) is 0 Å².